The van der Waals surface area contributed by atoms with E-state index in [2.05, 4.69) is 9.98 Å². The van der Waals surface area contributed by atoms with Crippen LogP contribution in [0.4, 0.5) is 0 Å². The van der Waals surface area contributed by atoms with Gasteiger partial charge in [0.15, 0.2) is 5.60 Å². The number of aliphatic hydroxyl groups is 2. The van der Waals surface area contributed by atoms with E-state index in [1.165, 1.54) is 43.2 Å². The Morgan fingerprint density at radius 1 is 1.43 bits per heavy atom. The first-order valence-electron chi connectivity index (χ1n) is 6.12. The monoisotopic (exact) mass is 312 g/mol. The number of carbonyl (C=O) groups excluding carboxylic acids is 2. The number of isocyanates is 2. The van der Waals surface area contributed by atoms with Crippen molar-refractivity contribution in [1.82, 2.24) is 0 Å². The maximum Gasteiger partial charge on any atom is 0.237 e. The van der Waals surface area contributed by atoms with Crippen LogP contribution in [0, 0.1) is 0 Å². The summed E-state index contributed by atoms with van der Waals surface area (Å²) in [6, 6.07) is 0. The van der Waals surface area contributed by atoms with Crippen molar-refractivity contribution in [3.8, 4) is 0 Å². The predicted octanol–water partition coefficient (Wildman–Crippen LogP) is 0.299. The fourth-order valence-electron chi connectivity index (χ4n) is 2.19. The molecule has 2 atom stereocenters. The maximum absolute atomic E-state index is 10.8. The fraction of sp³-hybridized carbons (Fsp3) is 0.538. The molecule has 8 heteroatoms. The zero-order valence-corrected chi connectivity index (χ0v) is 12.5. The minimum absolute atomic E-state index is 0.674. The van der Waals surface area contributed by atoms with Gasteiger partial charge in [0.2, 0.25) is 17.8 Å². The second kappa shape index (κ2) is 7.47. The van der Waals surface area contributed by atoms with Gasteiger partial charge in [-0.3, -0.25) is 0 Å². The van der Waals surface area contributed by atoms with Gasteiger partial charge in [-0.05, 0) is 24.0 Å². The van der Waals surface area contributed by atoms with E-state index in [0.29, 0.717) is 4.91 Å². The van der Waals surface area contributed by atoms with Gasteiger partial charge in [0.25, 0.3) is 0 Å². The SMILES string of the molecule is CCSC1=CC(N=C=O)(N=C=O)C(OC)(C(O)CO)C=C1. The molecule has 0 bridgehead atoms. The maximum atomic E-state index is 10.8. The van der Waals surface area contributed by atoms with Crippen LogP contribution in [0.1, 0.15) is 6.92 Å². The Kier molecular flexibility index (Phi) is 6.23. The highest BCUT2D eigenvalue weighted by molar-refractivity contribution is 8.03. The number of allylic oxidation sites excluding steroid dienone is 1. The van der Waals surface area contributed by atoms with Crippen molar-refractivity contribution in [2.24, 2.45) is 9.98 Å². The van der Waals surface area contributed by atoms with Gasteiger partial charge in [0.05, 0.1) is 6.61 Å². The van der Waals surface area contributed by atoms with E-state index >= 15 is 0 Å². The van der Waals surface area contributed by atoms with Gasteiger partial charge in [-0.2, -0.15) is 9.98 Å². The molecule has 0 aromatic heterocycles. The normalized spacial score (nSPS) is 29.0. The van der Waals surface area contributed by atoms with Crippen LogP contribution in [-0.2, 0) is 14.3 Å². The Hall–Kier alpha value is -1.53. The van der Waals surface area contributed by atoms with E-state index in [1.54, 1.807) is 6.08 Å². The summed E-state index contributed by atoms with van der Waals surface area (Å²) >= 11 is 1.43. The van der Waals surface area contributed by atoms with E-state index in [9.17, 15) is 19.8 Å². The first-order valence-corrected chi connectivity index (χ1v) is 7.11. The van der Waals surface area contributed by atoms with Crippen LogP contribution < -0.4 is 0 Å². The molecule has 1 aliphatic carbocycles. The molecule has 0 aromatic carbocycles. The third-order valence-corrected chi connectivity index (χ3v) is 4.04. The summed E-state index contributed by atoms with van der Waals surface area (Å²) in [7, 11) is 1.25. The van der Waals surface area contributed by atoms with E-state index in [4.69, 9.17) is 4.74 Å². The van der Waals surface area contributed by atoms with Gasteiger partial charge >= 0.3 is 0 Å². The molecule has 0 aliphatic heterocycles. The average molecular weight is 312 g/mol. The van der Waals surface area contributed by atoms with Crippen LogP contribution in [-0.4, -0.2) is 59.2 Å². The number of hydrogen-bond acceptors (Lipinski definition) is 8. The summed E-state index contributed by atoms with van der Waals surface area (Å²) in [4.78, 5) is 29.4. The first-order chi connectivity index (χ1) is 10.1. The first kappa shape index (κ1) is 17.5. The van der Waals surface area contributed by atoms with Crippen molar-refractivity contribution < 1.29 is 24.5 Å². The third kappa shape index (κ3) is 3.06. The summed E-state index contributed by atoms with van der Waals surface area (Å²) < 4.78 is 5.28. The molecule has 7 nitrogen and oxygen atoms in total. The molecule has 0 fully saturated rings. The lowest BCUT2D eigenvalue weighted by molar-refractivity contribution is -0.116. The Bertz CT molecular complexity index is 517. The number of aliphatic hydroxyl groups excluding tert-OH is 2. The molecule has 0 radical (unpaired) electrons. The summed E-state index contributed by atoms with van der Waals surface area (Å²) in [5.74, 6) is 0.740. The average Bonchev–Trinajstić information content (AvgIpc) is 2.48. The summed E-state index contributed by atoms with van der Waals surface area (Å²) in [5, 5.41) is 19.3. The number of aliphatic imine (C=N–C) groups is 2. The minimum atomic E-state index is -1.86. The van der Waals surface area contributed by atoms with Crippen molar-refractivity contribution in [3.63, 3.8) is 0 Å². The lowest BCUT2D eigenvalue weighted by Gasteiger charge is -2.43. The number of nitrogens with zero attached hydrogens (tertiary/aromatic N) is 2. The van der Waals surface area contributed by atoms with E-state index in [1.807, 2.05) is 6.92 Å². The molecule has 21 heavy (non-hydrogen) atoms. The van der Waals surface area contributed by atoms with Gasteiger partial charge < -0.3 is 14.9 Å². The molecule has 1 rings (SSSR count). The lowest BCUT2D eigenvalue weighted by Crippen LogP contribution is -2.60. The molecular weight excluding hydrogens is 296 g/mol. The Balaban J connectivity index is 3.59. The van der Waals surface area contributed by atoms with Gasteiger partial charge in [0, 0.05) is 12.0 Å². The molecule has 0 saturated heterocycles. The molecule has 1 aliphatic rings. The fourth-order valence-corrected chi connectivity index (χ4v) is 2.94. The molecule has 114 valence electrons. The molecule has 0 amide bonds. The molecule has 2 unspecified atom stereocenters. The van der Waals surface area contributed by atoms with Crippen molar-refractivity contribution in [1.29, 1.82) is 0 Å². The lowest BCUT2D eigenvalue weighted by atomic mass is 9.79. The largest absolute Gasteiger partial charge is 0.394 e. The molecule has 0 heterocycles. The quantitative estimate of drug-likeness (QED) is 0.517. The number of rotatable bonds is 7. The topological polar surface area (TPSA) is 109 Å². The smallest absolute Gasteiger partial charge is 0.237 e. The van der Waals surface area contributed by atoms with Crippen LogP contribution in [0.25, 0.3) is 0 Å². The van der Waals surface area contributed by atoms with Crippen LogP contribution in [0.3, 0.4) is 0 Å². The molecule has 2 N–H and O–H groups in total. The second-order valence-electron chi connectivity index (χ2n) is 4.14. The van der Waals surface area contributed by atoms with Crippen molar-refractivity contribution in [2.45, 2.75) is 24.3 Å². The second-order valence-corrected chi connectivity index (χ2v) is 5.48. The van der Waals surface area contributed by atoms with E-state index < -0.39 is 24.0 Å². The predicted molar refractivity (Wildman–Crippen MR) is 77.2 cm³/mol. The Labute approximate surface area is 126 Å². The highest BCUT2D eigenvalue weighted by Gasteiger charge is 2.56. The number of ether oxygens (including phenoxy) is 1. The zero-order chi connectivity index (χ0) is 15.9. The number of methoxy groups -OCH3 is 1. The summed E-state index contributed by atoms with van der Waals surface area (Å²) in [5.41, 5.74) is -3.56. The molecular formula is C13H16N2O5S. The van der Waals surface area contributed by atoms with Gasteiger partial charge in [-0.1, -0.05) is 6.92 Å². The number of hydrogen-bond donors (Lipinski definition) is 2. The molecule has 0 aromatic rings. The standard InChI is InChI=1S/C13H16N2O5S/c1-3-21-10-4-5-12(20-2,11(19)7-16)13(6-10,14-8-17)15-9-18/h4-6,11,16,19H,3,7H2,1-2H3. The van der Waals surface area contributed by atoms with Gasteiger partial charge in [-0.15, -0.1) is 11.8 Å². The minimum Gasteiger partial charge on any atom is -0.394 e. The Morgan fingerprint density at radius 2 is 2.05 bits per heavy atom. The van der Waals surface area contributed by atoms with Crippen LogP contribution in [0.2, 0.25) is 0 Å². The zero-order valence-electron chi connectivity index (χ0n) is 11.6. The van der Waals surface area contributed by atoms with Crippen LogP contribution >= 0.6 is 11.8 Å². The van der Waals surface area contributed by atoms with E-state index in [0.717, 1.165) is 5.75 Å². The number of thioether (sulfide) groups is 1. The van der Waals surface area contributed by atoms with Crippen molar-refractivity contribution in [3.05, 3.63) is 23.1 Å². The third-order valence-electron chi connectivity index (χ3n) is 3.16. The highest BCUT2D eigenvalue weighted by Crippen LogP contribution is 2.42. The van der Waals surface area contributed by atoms with Gasteiger partial charge in [-0.25, -0.2) is 9.59 Å². The van der Waals surface area contributed by atoms with Crippen molar-refractivity contribution in [2.75, 3.05) is 19.5 Å². The highest BCUT2D eigenvalue weighted by atomic mass is 32.2. The Morgan fingerprint density at radius 3 is 2.48 bits per heavy atom. The van der Waals surface area contributed by atoms with Crippen LogP contribution in [0.15, 0.2) is 33.1 Å². The van der Waals surface area contributed by atoms with Gasteiger partial charge in [0.1, 0.15) is 6.10 Å². The van der Waals surface area contributed by atoms with E-state index in [-0.39, 0.29) is 0 Å². The summed E-state index contributed by atoms with van der Waals surface area (Å²) in [6.45, 7) is 1.25. The summed E-state index contributed by atoms with van der Waals surface area (Å²) in [6.07, 6.45) is 5.70. The molecule has 0 saturated carbocycles. The van der Waals surface area contributed by atoms with Crippen molar-refractivity contribution >= 4 is 23.9 Å². The van der Waals surface area contributed by atoms with Crippen LogP contribution in [0.5, 0.6) is 0 Å². The molecule has 0 spiro atoms.